The minimum atomic E-state index is -4.37. The van der Waals surface area contributed by atoms with Gasteiger partial charge in [0, 0.05) is 6.42 Å². The van der Waals surface area contributed by atoms with Gasteiger partial charge in [0.1, 0.15) is 13.2 Å². The molecule has 0 aliphatic heterocycles. The lowest BCUT2D eigenvalue weighted by molar-refractivity contribution is -0.870. The molecule has 9 heteroatoms. The first-order valence-corrected chi connectivity index (χ1v) is 39.7. The molecule has 0 aliphatic rings. The molecule has 0 saturated heterocycles. The Bertz CT molecular complexity index is 1600. The molecule has 0 fully saturated rings. The number of allylic oxidation sites excluding steroid dienone is 9. The Morgan fingerprint density at radius 1 is 0.391 bits per heavy atom. The molecule has 0 rings (SSSR count). The van der Waals surface area contributed by atoms with E-state index in [-0.39, 0.29) is 19.1 Å². The highest BCUT2D eigenvalue weighted by molar-refractivity contribution is 7.47. The number of carbonyl (C=O) groups excluding carboxylic acids is 1. The Labute approximate surface area is 542 Å². The van der Waals surface area contributed by atoms with E-state index in [0.29, 0.717) is 17.4 Å². The van der Waals surface area contributed by atoms with Crippen molar-refractivity contribution in [2.45, 2.75) is 392 Å². The van der Waals surface area contributed by atoms with Crippen molar-refractivity contribution in [2.24, 2.45) is 0 Å². The zero-order valence-electron chi connectivity index (χ0n) is 58.8. The van der Waals surface area contributed by atoms with Gasteiger partial charge in [-0.3, -0.25) is 13.8 Å². The SMILES string of the molecule is CCCCCCC/C=C\C/C=C\CCCCCCCCCCCCCCCCCCCCCCCCCCCCCC(=O)NC(COP(=O)(O)OCC[N+](C)(C)C)C(O)/C=C/CC/C=C/CC/C=C/CCCCCCCCCCCCCCCCCC. The van der Waals surface area contributed by atoms with Crippen LogP contribution in [0.2, 0.25) is 0 Å². The van der Waals surface area contributed by atoms with E-state index in [1.54, 1.807) is 6.08 Å². The number of carbonyl (C=O) groups is 1. The molecule has 0 spiro atoms. The Kier molecular flexibility index (Phi) is 67.1. The molecule has 0 bridgehead atoms. The van der Waals surface area contributed by atoms with E-state index in [2.05, 4.69) is 67.8 Å². The van der Waals surface area contributed by atoms with Crippen molar-refractivity contribution in [1.29, 1.82) is 0 Å². The highest BCUT2D eigenvalue weighted by Gasteiger charge is 2.28. The zero-order chi connectivity index (χ0) is 63.4. The van der Waals surface area contributed by atoms with Crippen LogP contribution in [0.5, 0.6) is 0 Å². The lowest BCUT2D eigenvalue weighted by atomic mass is 10.0. The summed E-state index contributed by atoms with van der Waals surface area (Å²) < 4.78 is 23.8. The van der Waals surface area contributed by atoms with Gasteiger partial charge < -0.3 is 19.8 Å². The van der Waals surface area contributed by atoms with Gasteiger partial charge in [0.15, 0.2) is 0 Å². The van der Waals surface area contributed by atoms with Crippen molar-refractivity contribution in [2.75, 3.05) is 40.9 Å². The normalized spacial score (nSPS) is 13.9. The number of likely N-dealkylation sites (N-methyl/N-ethyl adjacent to an activating group) is 1. The second-order valence-corrected chi connectivity index (χ2v) is 28.8. The second kappa shape index (κ2) is 68.6. The van der Waals surface area contributed by atoms with Crippen molar-refractivity contribution in [1.82, 2.24) is 5.32 Å². The molecular formula is C78H150N2O6P+. The molecule has 512 valence electrons. The van der Waals surface area contributed by atoms with Crippen LogP contribution in [0, 0.1) is 0 Å². The molecule has 0 radical (unpaired) electrons. The fourth-order valence-electron chi connectivity index (χ4n) is 11.5. The molecule has 0 saturated carbocycles. The quantitative estimate of drug-likeness (QED) is 0.0243. The van der Waals surface area contributed by atoms with Crippen LogP contribution in [0.15, 0.2) is 60.8 Å². The van der Waals surface area contributed by atoms with Crippen LogP contribution in [-0.4, -0.2) is 73.4 Å². The average molecular weight is 1240 g/mol. The van der Waals surface area contributed by atoms with E-state index in [1.807, 2.05) is 27.2 Å². The lowest BCUT2D eigenvalue weighted by Crippen LogP contribution is -2.45. The summed E-state index contributed by atoms with van der Waals surface area (Å²) in [7, 11) is 1.56. The number of aliphatic hydroxyl groups is 1. The number of nitrogens with one attached hydrogen (secondary N) is 1. The average Bonchev–Trinajstić information content (AvgIpc) is 3.69. The third-order valence-electron chi connectivity index (χ3n) is 17.4. The molecule has 0 aromatic carbocycles. The standard InChI is InChI=1S/C78H149N2O6P/c1-6-8-10-12-14-16-18-20-22-24-26-28-30-32-34-35-36-37-38-39-40-41-42-43-44-45-46-48-50-52-54-56-58-60-62-64-66-68-70-72-78(82)79-76(75-86-87(83,84)85-74-73-80(3,4)5)77(81)71-69-67-65-63-61-59-57-55-53-51-49-47-33-31-29-27-25-23-21-19-17-15-13-11-9-7-2/h18,20,24,26,53,55,61,63,69,71,76-77,81H,6-17,19,21-23,25,27-52,54,56-60,62,64-68,70,72-75H2,1-5H3,(H-,79,82,83,84)/p+1/b20-18-,26-24-,55-53+,63-61+,71-69+. The van der Waals surface area contributed by atoms with Crippen molar-refractivity contribution in [3.63, 3.8) is 0 Å². The zero-order valence-corrected chi connectivity index (χ0v) is 59.7. The van der Waals surface area contributed by atoms with Gasteiger partial charge in [-0.05, 0) is 77.0 Å². The molecule has 87 heavy (non-hydrogen) atoms. The number of phosphoric ester groups is 1. The summed E-state index contributed by atoms with van der Waals surface area (Å²) in [6, 6.07) is -0.872. The van der Waals surface area contributed by atoms with E-state index in [4.69, 9.17) is 9.05 Å². The van der Waals surface area contributed by atoms with E-state index in [1.165, 1.54) is 308 Å². The number of nitrogens with zero attached hydrogens (tertiary/aromatic N) is 1. The fraction of sp³-hybridized carbons (Fsp3) is 0.859. The molecule has 3 N–H and O–H groups in total. The van der Waals surface area contributed by atoms with Gasteiger partial charge in [0.05, 0.1) is 39.9 Å². The van der Waals surface area contributed by atoms with Crippen molar-refractivity contribution in [3.05, 3.63) is 60.8 Å². The highest BCUT2D eigenvalue weighted by atomic mass is 31.2. The largest absolute Gasteiger partial charge is 0.472 e. The fourth-order valence-corrected chi connectivity index (χ4v) is 12.3. The van der Waals surface area contributed by atoms with Gasteiger partial charge in [-0.2, -0.15) is 0 Å². The van der Waals surface area contributed by atoms with Crippen LogP contribution in [-0.2, 0) is 18.4 Å². The van der Waals surface area contributed by atoms with Crippen molar-refractivity contribution < 1.29 is 32.9 Å². The van der Waals surface area contributed by atoms with E-state index in [0.717, 1.165) is 51.4 Å². The number of quaternary nitrogens is 1. The second-order valence-electron chi connectivity index (χ2n) is 27.4. The summed E-state index contributed by atoms with van der Waals surface area (Å²) in [6.07, 6.45) is 95.5. The Morgan fingerprint density at radius 3 is 0.989 bits per heavy atom. The molecule has 0 heterocycles. The predicted molar refractivity (Wildman–Crippen MR) is 383 cm³/mol. The number of amides is 1. The molecular weight excluding hydrogens is 1090 g/mol. The summed E-state index contributed by atoms with van der Waals surface area (Å²) in [5, 5.41) is 14.0. The number of rotatable bonds is 71. The van der Waals surface area contributed by atoms with Gasteiger partial charge in [-0.15, -0.1) is 0 Å². The minimum absolute atomic E-state index is 0.0542. The van der Waals surface area contributed by atoms with Gasteiger partial charge in [-0.25, -0.2) is 4.57 Å². The monoisotopic (exact) mass is 1240 g/mol. The number of aliphatic hydroxyl groups excluding tert-OH is 1. The summed E-state index contributed by atoms with van der Waals surface area (Å²) in [5.74, 6) is -0.184. The van der Waals surface area contributed by atoms with Crippen LogP contribution >= 0.6 is 7.82 Å². The van der Waals surface area contributed by atoms with Crippen LogP contribution in [0.3, 0.4) is 0 Å². The molecule has 0 aliphatic carbocycles. The van der Waals surface area contributed by atoms with Crippen LogP contribution in [0.4, 0.5) is 0 Å². The number of phosphoric acid groups is 1. The summed E-state index contributed by atoms with van der Waals surface area (Å²) in [4.78, 5) is 23.4. The molecule has 3 atom stereocenters. The predicted octanol–water partition coefficient (Wildman–Crippen LogP) is 24.7. The van der Waals surface area contributed by atoms with E-state index in [9.17, 15) is 19.4 Å². The smallest absolute Gasteiger partial charge is 0.387 e. The number of hydrogen-bond donors (Lipinski definition) is 3. The Balaban J connectivity index is 3.99. The maximum atomic E-state index is 13.1. The van der Waals surface area contributed by atoms with Gasteiger partial charge in [0.2, 0.25) is 5.91 Å². The number of hydrogen-bond acceptors (Lipinski definition) is 5. The van der Waals surface area contributed by atoms with E-state index >= 15 is 0 Å². The molecule has 1 amide bonds. The Morgan fingerprint density at radius 2 is 0.667 bits per heavy atom. The topological polar surface area (TPSA) is 105 Å². The third-order valence-corrected chi connectivity index (χ3v) is 18.4. The maximum absolute atomic E-state index is 13.1. The van der Waals surface area contributed by atoms with E-state index < -0.39 is 20.0 Å². The minimum Gasteiger partial charge on any atom is -0.387 e. The van der Waals surface area contributed by atoms with Crippen molar-refractivity contribution in [3.8, 4) is 0 Å². The van der Waals surface area contributed by atoms with Gasteiger partial charge in [-0.1, -0.05) is 357 Å². The van der Waals surface area contributed by atoms with Gasteiger partial charge in [0.25, 0.3) is 0 Å². The maximum Gasteiger partial charge on any atom is 0.472 e. The first-order valence-electron chi connectivity index (χ1n) is 38.2. The third kappa shape index (κ3) is 71.5. The molecule has 8 nitrogen and oxygen atoms in total. The lowest BCUT2D eigenvalue weighted by Gasteiger charge is -2.25. The molecule has 3 unspecified atom stereocenters. The summed E-state index contributed by atoms with van der Waals surface area (Å²) in [5.41, 5.74) is 0. The van der Waals surface area contributed by atoms with Crippen LogP contribution < -0.4 is 5.32 Å². The van der Waals surface area contributed by atoms with Crippen LogP contribution in [0.1, 0.15) is 380 Å². The summed E-state index contributed by atoms with van der Waals surface area (Å²) in [6.45, 7) is 4.83. The first kappa shape index (κ1) is 85.2. The van der Waals surface area contributed by atoms with Crippen LogP contribution in [0.25, 0.3) is 0 Å². The summed E-state index contributed by atoms with van der Waals surface area (Å²) >= 11 is 0. The first-order chi connectivity index (χ1) is 42.5. The van der Waals surface area contributed by atoms with Crippen molar-refractivity contribution >= 4 is 13.7 Å². The highest BCUT2D eigenvalue weighted by Crippen LogP contribution is 2.43. The molecule has 0 aromatic rings. The Hall–Kier alpha value is -1.80. The van der Waals surface area contributed by atoms with Gasteiger partial charge >= 0.3 is 7.82 Å². The number of unbranched alkanes of at least 4 members (excludes halogenated alkanes) is 50. The molecule has 0 aromatic heterocycles.